The largest absolute Gasteiger partial charge is 0.441 e. The minimum atomic E-state index is -3.91. The van der Waals surface area contributed by atoms with Crippen molar-refractivity contribution in [3.63, 3.8) is 0 Å². The third-order valence-corrected chi connectivity index (χ3v) is 3.91. The fraction of sp³-hybridized carbons (Fsp3) is 0.364. The Morgan fingerprint density at radius 3 is 2.44 bits per heavy atom. The number of nitrogens with zero attached hydrogens (tertiary/aromatic N) is 1. The molecule has 1 amide bonds. The van der Waals surface area contributed by atoms with E-state index in [1.54, 1.807) is 26.0 Å². The average molecular weight is 290 g/mol. The lowest BCUT2D eigenvalue weighted by atomic mass is 10.1. The summed E-state index contributed by atoms with van der Waals surface area (Å²) in [7, 11) is 1.45. The topological polar surface area (TPSA) is 63.7 Å². The van der Waals surface area contributed by atoms with Gasteiger partial charge in [0.2, 0.25) is 0 Å². The highest BCUT2D eigenvalue weighted by atomic mass is 35.7. The Hall–Kier alpha value is -1.27. The number of cyclic esters (lactones) is 1. The first-order valence-corrected chi connectivity index (χ1v) is 7.56. The molecule has 7 heteroatoms. The van der Waals surface area contributed by atoms with E-state index in [-0.39, 0.29) is 17.1 Å². The van der Waals surface area contributed by atoms with Crippen molar-refractivity contribution in [2.75, 3.05) is 11.4 Å². The van der Waals surface area contributed by atoms with Gasteiger partial charge < -0.3 is 4.74 Å². The number of ether oxygens (including phenoxy) is 1. The molecule has 1 aromatic carbocycles. The van der Waals surface area contributed by atoms with Gasteiger partial charge in [0.05, 0.1) is 12.2 Å². The van der Waals surface area contributed by atoms with Gasteiger partial charge in [-0.15, -0.1) is 0 Å². The summed E-state index contributed by atoms with van der Waals surface area (Å²) in [4.78, 5) is 12.9. The number of rotatable bonds is 2. The number of hydrogen-bond acceptors (Lipinski definition) is 4. The number of amides is 1. The molecule has 0 bridgehead atoms. The predicted molar refractivity (Wildman–Crippen MR) is 67.4 cm³/mol. The number of carbonyl (C=O) groups excluding carboxylic acids is 1. The molecule has 1 saturated heterocycles. The van der Waals surface area contributed by atoms with Crippen LogP contribution in [0.4, 0.5) is 10.5 Å². The summed E-state index contributed by atoms with van der Waals surface area (Å²) in [5.41, 5.74) is -0.414. The van der Waals surface area contributed by atoms with Crippen molar-refractivity contribution in [1.82, 2.24) is 0 Å². The van der Waals surface area contributed by atoms with Crippen LogP contribution in [0.25, 0.3) is 0 Å². The van der Waals surface area contributed by atoms with Gasteiger partial charge in [0.15, 0.2) is 0 Å². The molecule has 0 saturated carbocycles. The maximum absolute atomic E-state index is 11.7. The van der Waals surface area contributed by atoms with Crippen LogP contribution < -0.4 is 4.90 Å². The van der Waals surface area contributed by atoms with Crippen molar-refractivity contribution >= 4 is 31.5 Å². The summed E-state index contributed by atoms with van der Waals surface area (Å²) in [5, 5.41) is 0. The van der Waals surface area contributed by atoms with E-state index in [4.69, 9.17) is 15.4 Å². The number of benzene rings is 1. The van der Waals surface area contributed by atoms with Crippen molar-refractivity contribution in [3.05, 3.63) is 24.3 Å². The lowest BCUT2D eigenvalue weighted by Gasteiger charge is -2.17. The molecule has 1 aliphatic heterocycles. The Balaban J connectivity index is 2.51. The zero-order chi connectivity index (χ0) is 13.6. The maximum atomic E-state index is 11.7. The second-order valence-corrected chi connectivity index (χ2v) is 7.15. The molecule has 0 aliphatic carbocycles. The van der Waals surface area contributed by atoms with Crippen molar-refractivity contribution in [1.29, 1.82) is 0 Å². The van der Waals surface area contributed by atoms with Gasteiger partial charge in [-0.3, -0.25) is 4.90 Å². The van der Waals surface area contributed by atoms with E-state index >= 15 is 0 Å². The van der Waals surface area contributed by atoms with Crippen molar-refractivity contribution in [3.8, 4) is 0 Å². The summed E-state index contributed by atoms with van der Waals surface area (Å²) < 4.78 is 28.1. The fourth-order valence-electron chi connectivity index (χ4n) is 1.84. The molecular weight excluding hydrogens is 278 g/mol. The van der Waals surface area contributed by atoms with Crippen LogP contribution in [0.2, 0.25) is 0 Å². The summed E-state index contributed by atoms with van der Waals surface area (Å²) in [6.45, 7) is 3.78. The van der Waals surface area contributed by atoms with Crippen LogP contribution in [0.3, 0.4) is 0 Å². The number of halogens is 1. The first-order chi connectivity index (χ1) is 8.21. The van der Waals surface area contributed by atoms with E-state index in [1.165, 1.54) is 17.0 Å². The van der Waals surface area contributed by atoms with Gasteiger partial charge in [-0.25, -0.2) is 13.2 Å². The van der Waals surface area contributed by atoms with Gasteiger partial charge in [-0.2, -0.15) is 0 Å². The van der Waals surface area contributed by atoms with Gasteiger partial charge in [-0.05, 0) is 26.0 Å². The smallest absolute Gasteiger partial charge is 0.415 e. The van der Waals surface area contributed by atoms with E-state index < -0.39 is 20.7 Å². The molecule has 1 heterocycles. The lowest BCUT2D eigenvalue weighted by Crippen LogP contribution is -2.29. The first kappa shape index (κ1) is 13.2. The summed E-state index contributed by atoms with van der Waals surface area (Å²) in [6.07, 6.45) is -0.576. The van der Waals surface area contributed by atoms with Crippen molar-refractivity contribution in [2.45, 2.75) is 24.3 Å². The number of para-hydroxylation sites is 1. The van der Waals surface area contributed by atoms with Gasteiger partial charge >= 0.3 is 6.09 Å². The van der Waals surface area contributed by atoms with Crippen LogP contribution in [0.5, 0.6) is 0 Å². The standard InChI is InChI=1S/C11H12ClNO4S/c1-11(2)7-13(10(14)17-11)8-5-3-4-6-9(8)18(12,15)16/h3-6H,7H2,1-2H3. The molecule has 0 atom stereocenters. The molecule has 0 radical (unpaired) electrons. The monoisotopic (exact) mass is 289 g/mol. The quantitative estimate of drug-likeness (QED) is 0.784. The van der Waals surface area contributed by atoms with E-state index in [1.807, 2.05) is 0 Å². The van der Waals surface area contributed by atoms with Gasteiger partial charge in [0, 0.05) is 10.7 Å². The summed E-state index contributed by atoms with van der Waals surface area (Å²) in [5.74, 6) is 0. The highest BCUT2D eigenvalue weighted by Crippen LogP contribution is 2.33. The molecule has 5 nitrogen and oxygen atoms in total. The minimum Gasteiger partial charge on any atom is -0.441 e. The highest BCUT2D eigenvalue weighted by molar-refractivity contribution is 8.13. The normalized spacial score (nSPS) is 18.8. The SMILES string of the molecule is CC1(C)CN(c2ccccc2S(=O)(=O)Cl)C(=O)O1. The van der Waals surface area contributed by atoms with Gasteiger partial charge in [-0.1, -0.05) is 12.1 Å². The Labute approximate surface area is 110 Å². The lowest BCUT2D eigenvalue weighted by molar-refractivity contribution is 0.0871. The molecule has 0 unspecified atom stereocenters. The van der Waals surface area contributed by atoms with Crippen molar-refractivity contribution < 1.29 is 17.9 Å². The summed E-state index contributed by atoms with van der Waals surface area (Å²) in [6, 6.07) is 6.07. The summed E-state index contributed by atoms with van der Waals surface area (Å²) >= 11 is 0. The Morgan fingerprint density at radius 1 is 1.33 bits per heavy atom. The number of carbonyl (C=O) groups is 1. The molecule has 1 aromatic rings. The van der Waals surface area contributed by atoms with E-state index in [0.29, 0.717) is 0 Å². The molecule has 0 N–H and O–H groups in total. The minimum absolute atomic E-state index is 0.0960. The molecule has 2 rings (SSSR count). The molecule has 0 spiro atoms. The zero-order valence-electron chi connectivity index (χ0n) is 9.88. The van der Waals surface area contributed by atoms with E-state index in [0.717, 1.165) is 0 Å². The molecular formula is C11H12ClNO4S. The maximum Gasteiger partial charge on any atom is 0.415 e. The number of anilines is 1. The molecule has 1 aliphatic rings. The predicted octanol–water partition coefficient (Wildman–Crippen LogP) is 2.35. The van der Waals surface area contributed by atoms with Crippen LogP contribution >= 0.6 is 10.7 Å². The number of hydrogen-bond donors (Lipinski definition) is 0. The highest BCUT2D eigenvalue weighted by Gasteiger charge is 2.40. The van der Waals surface area contributed by atoms with Crippen LogP contribution in [0.1, 0.15) is 13.8 Å². The fourth-order valence-corrected chi connectivity index (χ4v) is 2.90. The zero-order valence-corrected chi connectivity index (χ0v) is 11.5. The first-order valence-electron chi connectivity index (χ1n) is 5.25. The van der Waals surface area contributed by atoms with Crippen LogP contribution in [0.15, 0.2) is 29.2 Å². The molecule has 1 fully saturated rings. The Morgan fingerprint density at radius 2 is 1.94 bits per heavy atom. The van der Waals surface area contributed by atoms with E-state index in [2.05, 4.69) is 0 Å². The Bertz CT molecular complexity index is 597. The van der Waals surface area contributed by atoms with Crippen LogP contribution in [0, 0.1) is 0 Å². The van der Waals surface area contributed by atoms with Crippen LogP contribution in [-0.4, -0.2) is 26.7 Å². The molecule has 0 aromatic heterocycles. The van der Waals surface area contributed by atoms with Gasteiger partial charge in [0.1, 0.15) is 10.5 Å². The second-order valence-electron chi connectivity index (χ2n) is 4.62. The molecule has 18 heavy (non-hydrogen) atoms. The third-order valence-electron chi connectivity index (χ3n) is 2.54. The Kier molecular flexibility index (Phi) is 3.03. The molecule has 98 valence electrons. The average Bonchev–Trinajstić information content (AvgIpc) is 2.51. The third kappa shape index (κ3) is 2.44. The van der Waals surface area contributed by atoms with Gasteiger partial charge in [0.25, 0.3) is 9.05 Å². The van der Waals surface area contributed by atoms with E-state index in [9.17, 15) is 13.2 Å². The second kappa shape index (κ2) is 4.13. The van der Waals surface area contributed by atoms with Crippen LogP contribution in [-0.2, 0) is 13.8 Å². The van der Waals surface area contributed by atoms with Crippen molar-refractivity contribution in [2.24, 2.45) is 0 Å².